The van der Waals surface area contributed by atoms with Crippen LogP contribution in [-0.2, 0) is 0 Å². The third-order valence-electron chi connectivity index (χ3n) is 2.53. The van der Waals surface area contributed by atoms with Gasteiger partial charge >= 0.3 is 0 Å². The van der Waals surface area contributed by atoms with E-state index in [2.05, 4.69) is 4.98 Å². The Morgan fingerprint density at radius 1 is 1.16 bits per heavy atom. The molecule has 1 amide bonds. The van der Waals surface area contributed by atoms with Crippen molar-refractivity contribution in [3.8, 4) is 0 Å². The average molecular weight is 299 g/mol. The predicted molar refractivity (Wildman–Crippen MR) is 73.4 cm³/mol. The Hall–Kier alpha value is -1.65. The van der Waals surface area contributed by atoms with Crippen molar-refractivity contribution in [3.63, 3.8) is 0 Å². The number of rotatable bonds is 2. The van der Waals surface area contributed by atoms with Gasteiger partial charge in [0.1, 0.15) is 16.1 Å². The van der Waals surface area contributed by atoms with Crippen molar-refractivity contribution in [2.75, 3.05) is 11.9 Å². The lowest BCUT2D eigenvalue weighted by Crippen LogP contribution is -2.26. The van der Waals surface area contributed by atoms with E-state index in [-0.39, 0.29) is 22.0 Å². The van der Waals surface area contributed by atoms with Crippen molar-refractivity contribution < 1.29 is 9.18 Å². The molecule has 0 N–H and O–H groups in total. The summed E-state index contributed by atoms with van der Waals surface area (Å²) in [5.41, 5.74) is 0.882. The largest absolute Gasteiger partial charge is 0.311 e. The molecule has 2 aromatic rings. The first kappa shape index (κ1) is 13.8. The smallest absolute Gasteiger partial charge is 0.258 e. The standard InChI is InChI=1S/C13H9Cl2FN2O/c1-18(10-4-2-9(16)3-5-10)13(19)8-6-11(14)17-12(15)7-8/h2-7H,1H3. The summed E-state index contributed by atoms with van der Waals surface area (Å²) in [6.07, 6.45) is 0. The Balaban J connectivity index is 2.30. The molecular formula is C13H9Cl2FN2O. The van der Waals surface area contributed by atoms with E-state index in [0.717, 1.165) is 0 Å². The second-order valence-corrected chi connectivity index (χ2v) is 4.62. The van der Waals surface area contributed by atoms with Crippen molar-refractivity contribution in [2.24, 2.45) is 0 Å². The van der Waals surface area contributed by atoms with Crippen LogP contribution in [0.5, 0.6) is 0 Å². The molecule has 0 saturated heterocycles. The fraction of sp³-hybridized carbons (Fsp3) is 0.0769. The van der Waals surface area contributed by atoms with Gasteiger partial charge in [-0.3, -0.25) is 4.79 Å². The van der Waals surface area contributed by atoms with Crippen LogP contribution >= 0.6 is 23.2 Å². The highest BCUT2D eigenvalue weighted by atomic mass is 35.5. The molecule has 3 nitrogen and oxygen atoms in total. The van der Waals surface area contributed by atoms with Crippen molar-refractivity contribution in [1.82, 2.24) is 4.98 Å². The highest BCUT2D eigenvalue weighted by Gasteiger charge is 2.15. The molecule has 0 aliphatic carbocycles. The quantitative estimate of drug-likeness (QED) is 0.790. The normalized spacial score (nSPS) is 10.3. The molecule has 0 atom stereocenters. The number of nitrogens with zero attached hydrogens (tertiary/aromatic N) is 2. The van der Waals surface area contributed by atoms with Crippen LogP contribution in [0, 0.1) is 5.82 Å². The summed E-state index contributed by atoms with van der Waals surface area (Å²) in [4.78, 5) is 17.4. The first-order chi connectivity index (χ1) is 8.97. The maximum absolute atomic E-state index is 12.8. The number of carbonyl (C=O) groups excluding carboxylic acids is 1. The number of halogens is 3. The van der Waals surface area contributed by atoms with Gasteiger partial charge in [-0.2, -0.15) is 0 Å². The zero-order valence-corrected chi connectivity index (χ0v) is 11.4. The molecule has 19 heavy (non-hydrogen) atoms. The molecule has 0 radical (unpaired) electrons. The Morgan fingerprint density at radius 3 is 2.21 bits per heavy atom. The Kier molecular flexibility index (Phi) is 4.02. The maximum atomic E-state index is 12.8. The monoisotopic (exact) mass is 298 g/mol. The minimum Gasteiger partial charge on any atom is -0.311 e. The predicted octanol–water partition coefficient (Wildman–Crippen LogP) is 3.80. The highest BCUT2D eigenvalue weighted by Crippen LogP contribution is 2.19. The molecule has 0 fully saturated rings. The van der Waals surface area contributed by atoms with Crippen molar-refractivity contribution in [2.45, 2.75) is 0 Å². The lowest BCUT2D eigenvalue weighted by Gasteiger charge is -2.17. The summed E-state index contributed by atoms with van der Waals surface area (Å²) in [6.45, 7) is 0. The van der Waals surface area contributed by atoms with Crippen LogP contribution in [0.1, 0.15) is 10.4 Å². The summed E-state index contributed by atoms with van der Waals surface area (Å²) in [7, 11) is 1.58. The minimum atomic E-state index is -0.361. The van der Waals surface area contributed by atoms with E-state index >= 15 is 0 Å². The second-order valence-electron chi connectivity index (χ2n) is 3.84. The van der Waals surface area contributed by atoms with Gasteiger partial charge < -0.3 is 4.90 Å². The SMILES string of the molecule is CN(C(=O)c1cc(Cl)nc(Cl)c1)c1ccc(F)cc1. The number of amides is 1. The van der Waals surface area contributed by atoms with Gasteiger partial charge in [0.05, 0.1) is 0 Å². The molecule has 1 heterocycles. The van der Waals surface area contributed by atoms with E-state index in [9.17, 15) is 9.18 Å². The van der Waals surface area contributed by atoms with E-state index in [1.54, 1.807) is 7.05 Å². The maximum Gasteiger partial charge on any atom is 0.258 e. The number of carbonyl (C=O) groups is 1. The fourth-order valence-corrected chi connectivity index (χ4v) is 2.02. The molecule has 0 spiro atoms. The van der Waals surface area contributed by atoms with Gasteiger partial charge in [0.25, 0.3) is 5.91 Å². The van der Waals surface area contributed by atoms with Crippen LogP contribution in [-0.4, -0.2) is 17.9 Å². The molecule has 0 bridgehead atoms. The summed E-state index contributed by atoms with van der Waals surface area (Å²) in [6, 6.07) is 8.44. The molecule has 1 aromatic carbocycles. The van der Waals surface area contributed by atoms with Crippen LogP contribution in [0.15, 0.2) is 36.4 Å². The zero-order valence-electron chi connectivity index (χ0n) is 9.90. The van der Waals surface area contributed by atoms with Crippen molar-refractivity contribution >= 4 is 34.8 Å². The first-order valence-corrected chi connectivity index (χ1v) is 6.09. The van der Waals surface area contributed by atoms with Gasteiger partial charge in [-0.15, -0.1) is 0 Å². The third-order valence-corrected chi connectivity index (χ3v) is 2.92. The van der Waals surface area contributed by atoms with Crippen LogP contribution in [0.3, 0.4) is 0 Å². The first-order valence-electron chi connectivity index (χ1n) is 5.34. The molecule has 1 aromatic heterocycles. The average Bonchev–Trinajstić information content (AvgIpc) is 2.37. The van der Waals surface area contributed by atoms with E-state index in [0.29, 0.717) is 11.3 Å². The lowest BCUT2D eigenvalue weighted by atomic mass is 10.2. The molecule has 6 heteroatoms. The van der Waals surface area contributed by atoms with Gasteiger partial charge in [0.15, 0.2) is 0 Å². The van der Waals surface area contributed by atoms with Gasteiger partial charge in [0.2, 0.25) is 0 Å². The second kappa shape index (κ2) is 5.55. The lowest BCUT2D eigenvalue weighted by molar-refractivity contribution is 0.0993. The summed E-state index contributed by atoms with van der Waals surface area (Å²) < 4.78 is 12.8. The van der Waals surface area contributed by atoms with Gasteiger partial charge in [0, 0.05) is 18.3 Å². The van der Waals surface area contributed by atoms with E-state index in [4.69, 9.17) is 23.2 Å². The molecule has 0 saturated carbocycles. The molecular weight excluding hydrogens is 290 g/mol. The molecule has 2 rings (SSSR count). The zero-order chi connectivity index (χ0) is 14.0. The minimum absolute atomic E-state index is 0.142. The number of pyridine rings is 1. The van der Waals surface area contributed by atoms with Gasteiger partial charge in [-0.25, -0.2) is 9.37 Å². The molecule has 0 unspecified atom stereocenters. The van der Waals surface area contributed by atoms with Gasteiger partial charge in [-0.1, -0.05) is 23.2 Å². The summed E-state index contributed by atoms with van der Waals surface area (Å²) >= 11 is 11.5. The van der Waals surface area contributed by atoms with E-state index < -0.39 is 0 Å². The number of benzene rings is 1. The number of anilines is 1. The Labute approximate surface area is 119 Å². The van der Waals surface area contributed by atoms with Gasteiger partial charge in [-0.05, 0) is 36.4 Å². The summed E-state index contributed by atoms with van der Waals surface area (Å²) in [5.74, 6) is -0.669. The molecule has 0 aliphatic heterocycles. The molecule has 0 aliphatic rings. The number of hydrogen-bond donors (Lipinski definition) is 0. The van der Waals surface area contributed by atoms with E-state index in [1.807, 2.05) is 0 Å². The topological polar surface area (TPSA) is 33.2 Å². The van der Waals surface area contributed by atoms with Crippen LogP contribution in [0.2, 0.25) is 10.3 Å². The summed E-state index contributed by atoms with van der Waals surface area (Å²) in [5, 5.41) is 0.284. The Morgan fingerprint density at radius 2 is 1.68 bits per heavy atom. The van der Waals surface area contributed by atoms with E-state index in [1.165, 1.54) is 41.3 Å². The van der Waals surface area contributed by atoms with Crippen LogP contribution in [0.4, 0.5) is 10.1 Å². The third kappa shape index (κ3) is 3.22. The Bertz CT molecular complexity index is 596. The van der Waals surface area contributed by atoms with Crippen LogP contribution in [0.25, 0.3) is 0 Å². The molecule has 98 valence electrons. The number of hydrogen-bond acceptors (Lipinski definition) is 2. The number of aromatic nitrogens is 1. The van der Waals surface area contributed by atoms with Crippen molar-refractivity contribution in [1.29, 1.82) is 0 Å². The fourth-order valence-electron chi connectivity index (χ4n) is 1.56. The van der Waals surface area contributed by atoms with Crippen molar-refractivity contribution in [3.05, 3.63) is 58.1 Å². The highest BCUT2D eigenvalue weighted by molar-refractivity contribution is 6.33. The van der Waals surface area contributed by atoms with Crippen LogP contribution < -0.4 is 4.90 Å².